The number of nitrogens with zero attached hydrogens (tertiary/aromatic N) is 3. The Kier molecular flexibility index (Phi) is 8.14. The molecule has 6 N–H and O–H groups in total. The summed E-state index contributed by atoms with van der Waals surface area (Å²) in [6.45, 7) is 0.224. The summed E-state index contributed by atoms with van der Waals surface area (Å²) in [7, 11) is 1.26. The molecule has 1 atom stereocenters. The van der Waals surface area contributed by atoms with Gasteiger partial charge >= 0.3 is 5.97 Å². The van der Waals surface area contributed by atoms with Crippen LogP contribution in [0.2, 0.25) is 0 Å². The minimum atomic E-state index is -0.868. The Morgan fingerprint density at radius 3 is 2.33 bits per heavy atom. The molecule has 1 aliphatic rings. The Hall–Kier alpha value is -5.26. The van der Waals surface area contributed by atoms with Crippen molar-refractivity contribution in [3.05, 3.63) is 82.5 Å². The summed E-state index contributed by atoms with van der Waals surface area (Å²) in [5.41, 5.74) is 15.5. The second-order valence-electron chi connectivity index (χ2n) is 10.1. The lowest BCUT2D eigenvalue weighted by Gasteiger charge is -2.18. The topological polar surface area (TPSA) is 186 Å². The highest BCUT2D eigenvalue weighted by Crippen LogP contribution is 2.25. The second kappa shape index (κ2) is 12.1. The number of aryl methyl sites for hydroxylation is 2. The maximum absolute atomic E-state index is 12.9. The molecule has 5 rings (SSSR count). The monoisotopic (exact) mass is 569 g/mol. The van der Waals surface area contributed by atoms with Crippen LogP contribution < -0.4 is 16.8 Å². The van der Waals surface area contributed by atoms with E-state index in [1.807, 2.05) is 18.3 Å². The van der Waals surface area contributed by atoms with Crippen molar-refractivity contribution in [2.75, 3.05) is 25.1 Å². The molecule has 0 aliphatic carbocycles. The lowest BCUT2D eigenvalue weighted by molar-refractivity contribution is -0.143. The maximum Gasteiger partial charge on any atom is 0.328 e. The van der Waals surface area contributed by atoms with E-state index >= 15 is 0 Å². The minimum Gasteiger partial charge on any atom is -0.467 e. The number of fused-ring (bicyclic) bond motifs is 2. The number of nitrogens with one attached hydrogen (secondary N) is 2. The fraction of sp³-hybridized carbons (Fsp3) is 0.267. The normalized spacial score (nSPS) is 13.3. The Balaban J connectivity index is 1.13. The summed E-state index contributed by atoms with van der Waals surface area (Å²) in [5, 5.41) is 3.49. The highest BCUT2D eigenvalue weighted by Gasteiger charge is 2.34. The predicted octanol–water partition coefficient (Wildman–Crippen LogP) is 2.65. The molecular formula is C30H31N7O5. The maximum atomic E-state index is 12.9. The molecule has 0 unspecified atom stereocenters. The lowest BCUT2D eigenvalue weighted by Crippen LogP contribution is -2.41. The van der Waals surface area contributed by atoms with Crippen molar-refractivity contribution in [1.82, 2.24) is 25.2 Å². The van der Waals surface area contributed by atoms with Crippen LogP contribution in [-0.2, 0) is 22.4 Å². The summed E-state index contributed by atoms with van der Waals surface area (Å²) in [6, 6.07) is 13.0. The van der Waals surface area contributed by atoms with Crippen LogP contribution in [0.3, 0.4) is 0 Å². The number of rotatable bonds is 11. The number of unbranched alkanes of at least 4 members (excludes halogenated alkanes) is 1. The molecule has 0 bridgehead atoms. The Labute approximate surface area is 241 Å². The number of amides is 3. The van der Waals surface area contributed by atoms with E-state index in [2.05, 4.69) is 20.3 Å². The molecule has 2 aromatic heterocycles. The lowest BCUT2D eigenvalue weighted by atomic mass is 10.0. The highest BCUT2D eigenvalue weighted by atomic mass is 16.5. The van der Waals surface area contributed by atoms with Gasteiger partial charge in [0.05, 0.1) is 23.6 Å². The molecule has 12 heteroatoms. The third kappa shape index (κ3) is 5.78. The van der Waals surface area contributed by atoms with E-state index in [1.54, 1.807) is 36.4 Å². The van der Waals surface area contributed by atoms with E-state index < -0.39 is 17.9 Å². The molecule has 2 aromatic carbocycles. The SMILES string of the molecule is COC(=O)[C@H](CCCCN1C(=O)c2ccccc2C1=O)NC(=O)c1ccc(CCc2c[nH]c3nc(N)nc(N)c23)cc1. The predicted molar refractivity (Wildman–Crippen MR) is 155 cm³/mol. The van der Waals surface area contributed by atoms with Gasteiger partial charge in [0, 0.05) is 18.3 Å². The van der Waals surface area contributed by atoms with Gasteiger partial charge in [-0.1, -0.05) is 24.3 Å². The van der Waals surface area contributed by atoms with E-state index in [-0.39, 0.29) is 24.3 Å². The van der Waals surface area contributed by atoms with E-state index in [9.17, 15) is 19.2 Å². The van der Waals surface area contributed by atoms with Gasteiger partial charge in [-0.05, 0) is 67.5 Å². The van der Waals surface area contributed by atoms with Crippen LogP contribution in [-0.4, -0.2) is 63.2 Å². The van der Waals surface area contributed by atoms with Gasteiger partial charge in [-0.15, -0.1) is 0 Å². The van der Waals surface area contributed by atoms with Gasteiger partial charge in [-0.25, -0.2) is 4.79 Å². The number of hydrogen-bond donors (Lipinski definition) is 4. The first kappa shape index (κ1) is 28.3. The second-order valence-corrected chi connectivity index (χ2v) is 10.1. The van der Waals surface area contributed by atoms with E-state index in [1.165, 1.54) is 12.0 Å². The van der Waals surface area contributed by atoms with Crippen molar-refractivity contribution in [3.8, 4) is 0 Å². The summed E-state index contributed by atoms with van der Waals surface area (Å²) in [5.74, 6) is -1.17. The van der Waals surface area contributed by atoms with Crippen molar-refractivity contribution in [2.24, 2.45) is 0 Å². The highest BCUT2D eigenvalue weighted by molar-refractivity contribution is 6.21. The van der Waals surface area contributed by atoms with Crippen LogP contribution in [0.25, 0.3) is 11.0 Å². The molecule has 4 aromatic rings. The number of ether oxygens (including phenoxy) is 1. The van der Waals surface area contributed by atoms with E-state index in [0.717, 1.165) is 16.5 Å². The molecule has 0 radical (unpaired) electrons. The number of aromatic amines is 1. The first-order valence-corrected chi connectivity index (χ1v) is 13.6. The van der Waals surface area contributed by atoms with E-state index in [0.29, 0.717) is 60.3 Å². The fourth-order valence-electron chi connectivity index (χ4n) is 5.14. The third-order valence-corrected chi connectivity index (χ3v) is 7.35. The van der Waals surface area contributed by atoms with Crippen molar-refractivity contribution in [1.29, 1.82) is 0 Å². The standard InChI is InChI=1S/C30H31N7O5/c1-42-29(41)22(8-4-5-15-37-27(39)20-6-2-3-7-21(20)28(37)40)34-26(38)18-12-9-17(10-13-18)11-14-19-16-33-25-23(19)24(31)35-30(32)36-25/h2-3,6-7,9-10,12-13,16,22H,4-5,8,11,14-15H2,1H3,(H,34,38)(H5,31,32,33,35,36)/t22-/m0/s1. The number of benzene rings is 2. The van der Waals surface area contributed by atoms with Crippen molar-refractivity contribution < 1.29 is 23.9 Å². The Morgan fingerprint density at radius 2 is 1.67 bits per heavy atom. The van der Waals surface area contributed by atoms with Gasteiger partial charge in [0.15, 0.2) is 0 Å². The molecule has 0 spiro atoms. The number of esters is 1. The van der Waals surface area contributed by atoms with Crippen molar-refractivity contribution >= 4 is 46.5 Å². The average molecular weight is 570 g/mol. The third-order valence-electron chi connectivity index (χ3n) is 7.35. The van der Waals surface area contributed by atoms with Gasteiger partial charge in [-0.3, -0.25) is 19.3 Å². The molecule has 42 heavy (non-hydrogen) atoms. The first-order chi connectivity index (χ1) is 20.3. The number of imide groups is 1. The Bertz CT molecular complexity index is 1630. The number of hydrogen-bond acceptors (Lipinski definition) is 9. The summed E-state index contributed by atoms with van der Waals surface area (Å²) < 4.78 is 4.89. The van der Waals surface area contributed by atoms with Crippen molar-refractivity contribution in [3.63, 3.8) is 0 Å². The molecule has 0 saturated carbocycles. The molecule has 3 amide bonds. The number of nitrogens with two attached hydrogens (primary N) is 2. The van der Waals surface area contributed by atoms with Crippen LogP contribution in [0.5, 0.6) is 0 Å². The van der Waals surface area contributed by atoms with Gasteiger partial charge < -0.3 is 26.5 Å². The molecule has 0 saturated heterocycles. The number of carbonyl (C=O) groups excluding carboxylic acids is 4. The summed E-state index contributed by atoms with van der Waals surface area (Å²) in [4.78, 5) is 62.9. The van der Waals surface area contributed by atoms with E-state index in [4.69, 9.17) is 16.2 Å². The molecular weight excluding hydrogens is 538 g/mol. The first-order valence-electron chi connectivity index (χ1n) is 13.6. The number of nitrogen functional groups attached to an aromatic ring is 2. The van der Waals surface area contributed by atoms with Crippen LogP contribution in [0.4, 0.5) is 11.8 Å². The number of anilines is 2. The van der Waals surface area contributed by atoms with Crippen LogP contribution in [0.1, 0.15) is 61.5 Å². The molecule has 12 nitrogen and oxygen atoms in total. The molecule has 0 fully saturated rings. The number of H-pyrrole nitrogens is 1. The molecule has 3 heterocycles. The number of carbonyl (C=O) groups is 4. The summed E-state index contributed by atoms with van der Waals surface area (Å²) >= 11 is 0. The van der Waals surface area contributed by atoms with Gasteiger partial charge in [0.2, 0.25) is 5.95 Å². The van der Waals surface area contributed by atoms with Gasteiger partial charge in [0.1, 0.15) is 17.5 Å². The molecule has 1 aliphatic heterocycles. The van der Waals surface area contributed by atoms with Crippen LogP contribution in [0, 0.1) is 0 Å². The summed E-state index contributed by atoms with van der Waals surface area (Å²) in [6.07, 6.45) is 4.46. The quantitative estimate of drug-likeness (QED) is 0.120. The fourth-order valence-corrected chi connectivity index (χ4v) is 5.14. The molecule has 216 valence electrons. The zero-order chi connectivity index (χ0) is 29.8. The van der Waals surface area contributed by atoms with Crippen LogP contribution >= 0.6 is 0 Å². The zero-order valence-corrected chi connectivity index (χ0v) is 23.1. The van der Waals surface area contributed by atoms with Crippen LogP contribution in [0.15, 0.2) is 54.7 Å². The Morgan fingerprint density at radius 1 is 0.976 bits per heavy atom. The zero-order valence-electron chi connectivity index (χ0n) is 23.1. The smallest absolute Gasteiger partial charge is 0.328 e. The van der Waals surface area contributed by atoms with Crippen molar-refractivity contribution in [2.45, 2.75) is 38.1 Å². The largest absolute Gasteiger partial charge is 0.467 e. The number of methoxy groups -OCH3 is 1. The van der Waals surface area contributed by atoms with Gasteiger partial charge in [-0.2, -0.15) is 9.97 Å². The number of aromatic nitrogens is 3. The average Bonchev–Trinajstić information content (AvgIpc) is 3.51. The minimum absolute atomic E-state index is 0.109. The van der Waals surface area contributed by atoms with Gasteiger partial charge in [0.25, 0.3) is 17.7 Å².